The van der Waals surface area contributed by atoms with Crippen molar-refractivity contribution in [3.63, 3.8) is 0 Å². The summed E-state index contributed by atoms with van der Waals surface area (Å²) < 4.78 is 17.9. The summed E-state index contributed by atoms with van der Waals surface area (Å²) in [5.41, 5.74) is -0.444. The molecule has 1 aromatic rings. The second kappa shape index (κ2) is 5.04. The normalized spacial score (nSPS) is 9.67. The highest BCUT2D eigenvalue weighted by Crippen LogP contribution is 2.29. The van der Waals surface area contributed by atoms with Gasteiger partial charge in [-0.1, -0.05) is 6.07 Å². The lowest BCUT2D eigenvalue weighted by Gasteiger charge is -2.05. The second-order valence-corrected chi connectivity index (χ2v) is 2.65. The van der Waals surface area contributed by atoms with Crippen molar-refractivity contribution >= 4 is 12.0 Å². The Balaban J connectivity index is 2.92. The predicted octanol–water partition coefficient (Wildman–Crippen LogP) is 1.70. The first-order valence-electron chi connectivity index (χ1n) is 4.16. The molecule has 0 saturated carbocycles. The number of para-hydroxylation sites is 1. The van der Waals surface area contributed by atoms with Crippen LogP contribution in [0, 0.1) is 15.9 Å². The molecule has 0 radical (unpaired) electrons. The molecule has 0 heterocycles. The molecule has 5 nitrogen and oxygen atoms in total. The molecule has 0 fully saturated rings. The number of carbonyl (C=O) groups excluding carboxylic acids is 1. The van der Waals surface area contributed by atoms with E-state index in [1.54, 1.807) is 0 Å². The Bertz CT molecular complexity index is 380. The number of nitro groups is 1. The number of nitro benzene ring substituents is 1. The molecule has 0 unspecified atom stereocenters. The minimum absolute atomic E-state index is 0.0610. The number of ether oxygens (including phenoxy) is 1. The van der Waals surface area contributed by atoms with Gasteiger partial charge in [0.1, 0.15) is 6.29 Å². The first-order valence-corrected chi connectivity index (χ1v) is 4.16. The Morgan fingerprint density at radius 2 is 2.27 bits per heavy atom. The van der Waals surface area contributed by atoms with Crippen molar-refractivity contribution in [2.75, 3.05) is 6.61 Å². The summed E-state index contributed by atoms with van der Waals surface area (Å²) in [6.45, 7) is -0.0781. The van der Waals surface area contributed by atoms with Crippen LogP contribution in [0.1, 0.15) is 6.42 Å². The van der Waals surface area contributed by atoms with Crippen LogP contribution < -0.4 is 4.74 Å². The molecule has 0 atom stereocenters. The average molecular weight is 213 g/mol. The maximum Gasteiger partial charge on any atom is 0.314 e. The Labute approximate surface area is 84.6 Å². The van der Waals surface area contributed by atoms with Gasteiger partial charge in [0.25, 0.3) is 0 Å². The zero-order valence-corrected chi connectivity index (χ0v) is 7.68. The topological polar surface area (TPSA) is 69.4 Å². The molecule has 80 valence electrons. The van der Waals surface area contributed by atoms with Crippen molar-refractivity contribution in [1.82, 2.24) is 0 Å². The van der Waals surface area contributed by atoms with Gasteiger partial charge in [-0.3, -0.25) is 10.1 Å². The standard InChI is InChI=1S/C9H8FNO4/c10-7-3-1-4-8(11(13)14)9(7)15-6-2-5-12/h1,3-5H,2,6H2. The van der Waals surface area contributed by atoms with Crippen LogP contribution in [0.5, 0.6) is 5.75 Å². The number of rotatable bonds is 5. The Morgan fingerprint density at radius 1 is 1.53 bits per heavy atom. The van der Waals surface area contributed by atoms with E-state index in [0.29, 0.717) is 6.29 Å². The summed E-state index contributed by atoms with van der Waals surface area (Å²) in [4.78, 5) is 19.8. The van der Waals surface area contributed by atoms with Gasteiger partial charge in [-0.05, 0) is 6.07 Å². The fourth-order valence-electron chi connectivity index (χ4n) is 0.993. The second-order valence-electron chi connectivity index (χ2n) is 2.65. The lowest BCUT2D eigenvalue weighted by molar-refractivity contribution is -0.386. The minimum Gasteiger partial charge on any atom is -0.484 e. The van der Waals surface area contributed by atoms with Crippen LogP contribution in [0.4, 0.5) is 10.1 Å². The molecule has 0 aliphatic carbocycles. The van der Waals surface area contributed by atoms with E-state index in [1.165, 1.54) is 6.07 Å². The molecule has 1 rings (SSSR count). The average Bonchev–Trinajstić information content (AvgIpc) is 2.20. The summed E-state index contributed by atoms with van der Waals surface area (Å²) in [6.07, 6.45) is 0.651. The smallest absolute Gasteiger partial charge is 0.314 e. The number of halogens is 1. The van der Waals surface area contributed by atoms with Gasteiger partial charge >= 0.3 is 5.69 Å². The summed E-state index contributed by atoms with van der Waals surface area (Å²) in [5.74, 6) is -1.24. The van der Waals surface area contributed by atoms with Gasteiger partial charge in [-0.2, -0.15) is 0 Å². The van der Waals surface area contributed by atoms with E-state index in [9.17, 15) is 19.3 Å². The highest BCUT2D eigenvalue weighted by Gasteiger charge is 2.18. The Morgan fingerprint density at radius 3 is 2.87 bits per heavy atom. The van der Waals surface area contributed by atoms with Gasteiger partial charge in [-0.25, -0.2) is 4.39 Å². The first-order chi connectivity index (χ1) is 7.16. The third-order valence-corrected chi connectivity index (χ3v) is 1.63. The zero-order chi connectivity index (χ0) is 11.3. The molecule has 6 heteroatoms. The van der Waals surface area contributed by atoms with Gasteiger partial charge < -0.3 is 9.53 Å². The molecular weight excluding hydrogens is 205 g/mol. The zero-order valence-electron chi connectivity index (χ0n) is 7.68. The summed E-state index contributed by atoms with van der Waals surface area (Å²) in [7, 11) is 0. The molecule has 0 aliphatic heterocycles. The number of aldehydes is 1. The summed E-state index contributed by atoms with van der Waals surface area (Å²) in [5, 5.41) is 10.5. The molecule has 0 aliphatic rings. The van der Waals surface area contributed by atoms with Crippen molar-refractivity contribution in [1.29, 1.82) is 0 Å². The largest absolute Gasteiger partial charge is 0.484 e. The predicted molar refractivity (Wildman–Crippen MR) is 49.2 cm³/mol. The highest BCUT2D eigenvalue weighted by molar-refractivity contribution is 5.50. The van der Waals surface area contributed by atoms with Crippen LogP contribution in [-0.2, 0) is 4.79 Å². The van der Waals surface area contributed by atoms with E-state index < -0.39 is 22.2 Å². The van der Waals surface area contributed by atoms with Crippen molar-refractivity contribution in [3.8, 4) is 5.75 Å². The van der Waals surface area contributed by atoms with Crippen LogP contribution in [0.2, 0.25) is 0 Å². The fraction of sp³-hybridized carbons (Fsp3) is 0.222. The van der Waals surface area contributed by atoms with Crippen LogP contribution >= 0.6 is 0 Å². The van der Waals surface area contributed by atoms with Crippen molar-refractivity contribution in [2.45, 2.75) is 6.42 Å². The number of benzene rings is 1. The Hall–Kier alpha value is -1.98. The van der Waals surface area contributed by atoms with E-state index in [4.69, 9.17) is 4.74 Å². The van der Waals surface area contributed by atoms with E-state index in [1.807, 2.05) is 0 Å². The molecular formula is C9H8FNO4. The molecule has 0 bridgehead atoms. The minimum atomic E-state index is -0.810. The van der Waals surface area contributed by atoms with E-state index in [2.05, 4.69) is 0 Å². The Kier molecular flexibility index (Phi) is 3.73. The first kappa shape index (κ1) is 11.1. The molecule has 0 aromatic heterocycles. The molecule has 0 saturated heterocycles. The summed E-state index contributed by atoms with van der Waals surface area (Å²) >= 11 is 0. The molecule has 15 heavy (non-hydrogen) atoms. The van der Waals surface area contributed by atoms with Gasteiger partial charge in [0.15, 0.2) is 5.82 Å². The van der Waals surface area contributed by atoms with Crippen molar-refractivity contribution < 1.29 is 18.8 Å². The van der Waals surface area contributed by atoms with E-state index in [-0.39, 0.29) is 13.0 Å². The summed E-state index contributed by atoms with van der Waals surface area (Å²) in [6, 6.07) is 3.42. The van der Waals surface area contributed by atoms with Crippen molar-refractivity contribution in [3.05, 3.63) is 34.1 Å². The van der Waals surface area contributed by atoms with Gasteiger partial charge in [-0.15, -0.1) is 0 Å². The van der Waals surface area contributed by atoms with Gasteiger partial charge in [0.05, 0.1) is 11.5 Å². The van der Waals surface area contributed by atoms with E-state index in [0.717, 1.165) is 12.1 Å². The van der Waals surface area contributed by atoms with E-state index >= 15 is 0 Å². The molecule has 0 spiro atoms. The molecule has 0 N–H and O–H groups in total. The number of carbonyl (C=O) groups is 1. The van der Waals surface area contributed by atoms with Crippen LogP contribution in [0.3, 0.4) is 0 Å². The number of hydrogen-bond donors (Lipinski definition) is 0. The lowest BCUT2D eigenvalue weighted by atomic mass is 10.3. The van der Waals surface area contributed by atoms with Gasteiger partial charge in [0.2, 0.25) is 5.75 Å². The SMILES string of the molecule is O=CCCOc1c(F)cccc1[N+](=O)[O-]. The van der Waals surface area contributed by atoms with Crippen molar-refractivity contribution in [2.24, 2.45) is 0 Å². The fourth-order valence-corrected chi connectivity index (χ4v) is 0.993. The third-order valence-electron chi connectivity index (χ3n) is 1.63. The maximum atomic E-state index is 13.1. The molecule has 1 aromatic carbocycles. The quantitative estimate of drug-likeness (QED) is 0.323. The van der Waals surface area contributed by atoms with Crippen LogP contribution in [-0.4, -0.2) is 17.8 Å². The van der Waals surface area contributed by atoms with Gasteiger partial charge in [0, 0.05) is 12.5 Å². The molecule has 0 amide bonds. The number of hydrogen-bond acceptors (Lipinski definition) is 4. The third kappa shape index (κ3) is 2.73. The maximum absolute atomic E-state index is 13.1. The number of nitrogens with zero attached hydrogens (tertiary/aromatic N) is 1. The lowest BCUT2D eigenvalue weighted by Crippen LogP contribution is -2.02. The van der Waals surface area contributed by atoms with Crippen LogP contribution in [0.25, 0.3) is 0 Å². The monoisotopic (exact) mass is 213 g/mol. The highest BCUT2D eigenvalue weighted by atomic mass is 19.1. The van der Waals surface area contributed by atoms with Crippen LogP contribution in [0.15, 0.2) is 18.2 Å².